The monoisotopic (exact) mass is 710 g/mol. The number of rotatable bonds is 4. The summed E-state index contributed by atoms with van der Waals surface area (Å²) in [5.74, 6) is 11.0. The van der Waals surface area contributed by atoms with Gasteiger partial charge in [0.15, 0.2) is 0 Å². The van der Waals surface area contributed by atoms with Crippen molar-refractivity contribution in [3.8, 4) is 93.9 Å². The SMILES string of the molecule is C#Cc1ccc(-c2c3nc(c(-c4ccc(C#C)cc4)c4ccc([nH]4)c(-c4ccc(C#C)cc4)c4ccc([nH]4)c(-c4ccc(C#C)cc4)c4nc2C=C4)C=C3)cc1. The summed E-state index contributed by atoms with van der Waals surface area (Å²) in [4.78, 5) is 18.2. The van der Waals surface area contributed by atoms with Gasteiger partial charge in [0.05, 0.1) is 22.8 Å². The van der Waals surface area contributed by atoms with Crippen LogP contribution in [0.4, 0.5) is 0 Å². The van der Waals surface area contributed by atoms with Crippen LogP contribution in [0.1, 0.15) is 45.0 Å². The fourth-order valence-corrected chi connectivity index (χ4v) is 7.35. The van der Waals surface area contributed by atoms with Gasteiger partial charge in [-0.2, -0.15) is 0 Å². The Morgan fingerprint density at radius 1 is 0.304 bits per heavy atom. The van der Waals surface area contributed by atoms with Crippen molar-refractivity contribution in [1.29, 1.82) is 0 Å². The second kappa shape index (κ2) is 13.9. The van der Waals surface area contributed by atoms with Crippen molar-refractivity contribution in [2.45, 2.75) is 0 Å². The highest BCUT2D eigenvalue weighted by atomic mass is 14.8. The molecule has 0 fully saturated rings. The van der Waals surface area contributed by atoms with E-state index < -0.39 is 0 Å². The minimum atomic E-state index is 0.776. The number of nitrogens with zero attached hydrogens (tertiary/aromatic N) is 2. The molecule has 0 atom stereocenters. The van der Waals surface area contributed by atoms with E-state index in [1.165, 1.54) is 0 Å². The molecule has 0 aliphatic carbocycles. The first-order chi connectivity index (χ1) is 27.5. The molecule has 0 saturated carbocycles. The summed E-state index contributed by atoms with van der Waals surface area (Å²) in [6, 6.07) is 40.4. The molecule has 0 saturated heterocycles. The van der Waals surface area contributed by atoms with Crippen molar-refractivity contribution < 1.29 is 0 Å². The van der Waals surface area contributed by atoms with E-state index in [1.54, 1.807) is 0 Å². The Morgan fingerprint density at radius 2 is 0.554 bits per heavy atom. The summed E-state index contributed by atoms with van der Waals surface area (Å²) in [6.45, 7) is 0. The summed E-state index contributed by atoms with van der Waals surface area (Å²) in [5.41, 5.74) is 17.5. The number of H-pyrrole nitrogens is 2. The number of hydrogen-bond donors (Lipinski definition) is 2. The molecule has 0 unspecified atom stereocenters. The fourth-order valence-electron chi connectivity index (χ4n) is 7.35. The molecule has 0 amide bonds. The van der Waals surface area contributed by atoms with Gasteiger partial charge in [0.25, 0.3) is 0 Å². The van der Waals surface area contributed by atoms with Crippen LogP contribution in [0.15, 0.2) is 121 Å². The topological polar surface area (TPSA) is 57.4 Å². The predicted octanol–water partition coefficient (Wildman–Crippen LogP) is 11.2. The molecule has 5 heterocycles. The molecule has 3 aromatic heterocycles. The standard InChI is InChI=1S/C52H30N4/c1-5-33-9-17-37(18-10-33)49-41-25-27-43(53-41)50(38-19-11-34(6-2)12-20-38)45-29-31-47(55-45)52(40-23-15-36(8-4)16-24-40)48-32-30-46(56-48)51(44-28-26-42(49)54-44)39-21-13-35(7-3)14-22-39/h1-4,9-32,53-54H. The van der Waals surface area contributed by atoms with Crippen LogP contribution in [0.3, 0.4) is 0 Å². The molecule has 4 nitrogen and oxygen atoms in total. The second-order valence-electron chi connectivity index (χ2n) is 13.4. The van der Waals surface area contributed by atoms with Crippen LogP contribution in [0.2, 0.25) is 0 Å². The van der Waals surface area contributed by atoms with E-state index in [-0.39, 0.29) is 0 Å². The first kappa shape index (κ1) is 33.5. The lowest BCUT2D eigenvalue weighted by Crippen LogP contribution is -1.91. The Hall–Kier alpha value is -8.28. The highest BCUT2D eigenvalue weighted by Gasteiger charge is 2.19. The lowest BCUT2D eigenvalue weighted by atomic mass is 10.0. The maximum absolute atomic E-state index is 5.76. The van der Waals surface area contributed by atoms with Gasteiger partial charge < -0.3 is 9.97 Å². The molecule has 8 bridgehead atoms. The lowest BCUT2D eigenvalue weighted by Gasteiger charge is -2.07. The van der Waals surface area contributed by atoms with Gasteiger partial charge in [-0.3, -0.25) is 0 Å². The van der Waals surface area contributed by atoms with E-state index in [1.807, 2.05) is 84.9 Å². The normalized spacial score (nSPS) is 11.4. The third kappa shape index (κ3) is 5.97. The van der Waals surface area contributed by atoms with Crippen LogP contribution in [0.25, 0.3) is 90.9 Å². The predicted molar refractivity (Wildman–Crippen MR) is 232 cm³/mol. The van der Waals surface area contributed by atoms with Gasteiger partial charge in [-0.15, -0.1) is 25.7 Å². The molecule has 56 heavy (non-hydrogen) atoms. The Balaban J connectivity index is 1.45. The first-order valence-corrected chi connectivity index (χ1v) is 18.0. The number of fused-ring (bicyclic) bond motifs is 8. The number of aromatic amines is 2. The van der Waals surface area contributed by atoms with Crippen LogP contribution >= 0.6 is 0 Å². The number of hydrogen-bond acceptors (Lipinski definition) is 2. The van der Waals surface area contributed by atoms with Gasteiger partial charge in [0.2, 0.25) is 0 Å². The molecule has 2 aliphatic rings. The zero-order valence-electron chi connectivity index (χ0n) is 30.1. The third-order valence-electron chi connectivity index (χ3n) is 10.1. The third-order valence-corrected chi connectivity index (χ3v) is 10.1. The average molecular weight is 711 g/mol. The van der Waals surface area contributed by atoms with Gasteiger partial charge in [-0.1, -0.05) is 72.2 Å². The van der Waals surface area contributed by atoms with Crippen LogP contribution in [0, 0.1) is 49.4 Å². The number of aromatic nitrogens is 4. The molecule has 0 spiro atoms. The summed E-state index contributed by atoms with van der Waals surface area (Å²) < 4.78 is 0. The van der Waals surface area contributed by atoms with Gasteiger partial charge in [-0.05, 0) is 119 Å². The smallest absolute Gasteiger partial charge is 0.0738 e. The molecule has 2 N–H and O–H groups in total. The van der Waals surface area contributed by atoms with E-state index in [0.29, 0.717) is 0 Å². The fraction of sp³-hybridized carbons (Fsp3) is 0. The molecule has 4 aromatic carbocycles. The Kier molecular flexibility index (Phi) is 8.35. The van der Waals surface area contributed by atoms with E-state index in [0.717, 1.165) is 112 Å². The van der Waals surface area contributed by atoms with Crippen molar-refractivity contribution in [3.05, 3.63) is 166 Å². The highest BCUT2D eigenvalue weighted by molar-refractivity contribution is 6.00. The Labute approximate surface area is 325 Å². The molecule has 7 aromatic rings. The molecule has 2 aliphatic heterocycles. The minimum Gasteiger partial charge on any atom is -0.354 e. The van der Waals surface area contributed by atoms with Crippen LogP contribution in [-0.4, -0.2) is 19.9 Å². The second-order valence-corrected chi connectivity index (χ2v) is 13.4. The van der Waals surface area contributed by atoms with Crippen LogP contribution < -0.4 is 0 Å². The zero-order chi connectivity index (χ0) is 38.2. The molecular formula is C52H30N4. The molecule has 258 valence electrons. The van der Waals surface area contributed by atoms with E-state index in [4.69, 9.17) is 35.7 Å². The van der Waals surface area contributed by atoms with Gasteiger partial charge in [0.1, 0.15) is 0 Å². The van der Waals surface area contributed by atoms with Crippen molar-refractivity contribution >= 4 is 46.4 Å². The Bertz CT molecular complexity index is 2960. The number of nitrogens with one attached hydrogen (secondary N) is 2. The van der Waals surface area contributed by atoms with E-state index >= 15 is 0 Å². The van der Waals surface area contributed by atoms with Gasteiger partial charge in [0, 0.05) is 66.6 Å². The van der Waals surface area contributed by atoms with Crippen LogP contribution in [-0.2, 0) is 0 Å². The maximum atomic E-state index is 5.76. The van der Waals surface area contributed by atoms with Gasteiger partial charge >= 0.3 is 0 Å². The number of benzene rings is 4. The van der Waals surface area contributed by atoms with Crippen molar-refractivity contribution in [2.24, 2.45) is 0 Å². The van der Waals surface area contributed by atoms with Crippen LogP contribution in [0.5, 0.6) is 0 Å². The van der Waals surface area contributed by atoms with E-state index in [9.17, 15) is 0 Å². The van der Waals surface area contributed by atoms with Crippen molar-refractivity contribution in [2.75, 3.05) is 0 Å². The molecule has 0 radical (unpaired) electrons. The zero-order valence-corrected chi connectivity index (χ0v) is 30.1. The summed E-state index contributed by atoms with van der Waals surface area (Å²) in [5, 5.41) is 0. The molecule has 4 heteroatoms. The van der Waals surface area contributed by atoms with E-state index in [2.05, 4.69) is 94.4 Å². The molecular weight excluding hydrogens is 681 g/mol. The minimum absolute atomic E-state index is 0.776. The Morgan fingerprint density at radius 3 is 0.857 bits per heavy atom. The quantitative estimate of drug-likeness (QED) is 0.179. The van der Waals surface area contributed by atoms with Crippen molar-refractivity contribution in [3.63, 3.8) is 0 Å². The largest absolute Gasteiger partial charge is 0.354 e. The van der Waals surface area contributed by atoms with Crippen molar-refractivity contribution in [1.82, 2.24) is 19.9 Å². The lowest BCUT2D eigenvalue weighted by molar-refractivity contribution is 1.27. The summed E-state index contributed by atoms with van der Waals surface area (Å²) in [7, 11) is 0. The average Bonchev–Trinajstić information content (AvgIpc) is 4.10. The first-order valence-electron chi connectivity index (χ1n) is 18.0. The molecule has 9 rings (SSSR count). The number of terminal acetylenes is 4. The highest BCUT2D eigenvalue weighted by Crippen LogP contribution is 2.38. The van der Waals surface area contributed by atoms with Gasteiger partial charge in [-0.25, -0.2) is 9.97 Å². The summed E-state index contributed by atoms with van der Waals surface area (Å²) >= 11 is 0. The maximum Gasteiger partial charge on any atom is 0.0738 e. The summed E-state index contributed by atoms with van der Waals surface area (Å²) in [6.07, 6.45) is 31.3.